The number of rotatable bonds is 3. The Morgan fingerprint density at radius 3 is 2.69 bits per heavy atom. The number of hydrogen-bond acceptors (Lipinski definition) is 2. The summed E-state index contributed by atoms with van der Waals surface area (Å²) in [5, 5.41) is 3.32. The minimum absolute atomic E-state index is 0.162. The number of nitrogens with one attached hydrogen (secondary N) is 1. The molecule has 4 heteroatoms. The largest absolute Gasteiger partial charge is 0.314 e. The van der Waals surface area contributed by atoms with Gasteiger partial charge in [-0.3, -0.25) is 0 Å². The van der Waals surface area contributed by atoms with Gasteiger partial charge in [-0.15, -0.1) is 0 Å². The van der Waals surface area contributed by atoms with Crippen LogP contribution >= 0.6 is 15.9 Å². The van der Waals surface area contributed by atoms with Crippen molar-refractivity contribution in [2.45, 2.75) is 6.42 Å². The summed E-state index contributed by atoms with van der Waals surface area (Å²) in [5.41, 5.74) is 1.06. The first kappa shape index (κ1) is 12.0. The van der Waals surface area contributed by atoms with Gasteiger partial charge in [0.2, 0.25) is 0 Å². The van der Waals surface area contributed by atoms with Crippen molar-refractivity contribution in [2.24, 2.45) is 0 Å². The number of piperazine rings is 1. The molecule has 1 aromatic carbocycles. The Labute approximate surface area is 104 Å². The highest BCUT2D eigenvalue weighted by Gasteiger charge is 2.09. The molecule has 0 saturated carbocycles. The van der Waals surface area contributed by atoms with Crippen LogP contribution in [0.2, 0.25) is 0 Å². The Hall–Kier alpha value is -0.450. The van der Waals surface area contributed by atoms with E-state index in [-0.39, 0.29) is 5.82 Å². The average Bonchev–Trinajstić information content (AvgIpc) is 2.27. The van der Waals surface area contributed by atoms with Gasteiger partial charge in [0, 0.05) is 37.2 Å². The fourth-order valence-electron chi connectivity index (χ4n) is 1.98. The zero-order valence-corrected chi connectivity index (χ0v) is 10.8. The Balaban J connectivity index is 1.88. The summed E-state index contributed by atoms with van der Waals surface area (Å²) in [6.45, 7) is 5.32. The molecule has 0 atom stereocenters. The van der Waals surface area contributed by atoms with Gasteiger partial charge in [-0.05, 0) is 30.2 Å². The molecule has 16 heavy (non-hydrogen) atoms. The molecule has 1 aliphatic rings. The molecule has 0 aromatic heterocycles. The first-order valence-corrected chi connectivity index (χ1v) is 6.41. The molecule has 88 valence electrons. The molecule has 1 saturated heterocycles. The molecule has 1 N–H and O–H groups in total. The molecule has 0 radical (unpaired) electrons. The summed E-state index contributed by atoms with van der Waals surface area (Å²) in [6, 6.07) is 5.10. The number of hydrogen-bond donors (Lipinski definition) is 1. The second kappa shape index (κ2) is 5.75. The fraction of sp³-hybridized carbons (Fsp3) is 0.500. The van der Waals surface area contributed by atoms with Crippen molar-refractivity contribution in [2.75, 3.05) is 32.7 Å². The SMILES string of the molecule is Fc1cc(Br)cc(CCN2CCNCC2)c1. The number of benzene rings is 1. The predicted molar refractivity (Wildman–Crippen MR) is 67.1 cm³/mol. The van der Waals surface area contributed by atoms with E-state index in [0.29, 0.717) is 0 Å². The van der Waals surface area contributed by atoms with Crippen LogP contribution < -0.4 is 5.32 Å². The molecule has 2 rings (SSSR count). The van der Waals surface area contributed by atoms with Crippen molar-refractivity contribution >= 4 is 15.9 Å². The number of halogens is 2. The molecule has 1 heterocycles. The Morgan fingerprint density at radius 2 is 2.00 bits per heavy atom. The minimum atomic E-state index is -0.162. The number of nitrogens with zero attached hydrogens (tertiary/aromatic N) is 1. The van der Waals surface area contributed by atoms with Crippen molar-refractivity contribution in [3.8, 4) is 0 Å². The van der Waals surface area contributed by atoms with Crippen LogP contribution in [0.15, 0.2) is 22.7 Å². The maximum atomic E-state index is 13.1. The standard InChI is InChI=1S/C12H16BrFN2/c13-11-7-10(8-12(14)9-11)1-4-16-5-2-15-3-6-16/h7-9,15H,1-6H2. The van der Waals surface area contributed by atoms with Gasteiger partial charge < -0.3 is 10.2 Å². The van der Waals surface area contributed by atoms with Crippen LogP contribution in [0.25, 0.3) is 0 Å². The van der Waals surface area contributed by atoms with Crippen molar-refractivity contribution in [1.29, 1.82) is 0 Å². The van der Waals surface area contributed by atoms with Crippen molar-refractivity contribution in [3.63, 3.8) is 0 Å². The van der Waals surface area contributed by atoms with Gasteiger partial charge in [0.05, 0.1) is 0 Å². The lowest BCUT2D eigenvalue weighted by molar-refractivity contribution is 0.244. The van der Waals surface area contributed by atoms with E-state index in [0.717, 1.165) is 49.2 Å². The lowest BCUT2D eigenvalue weighted by Crippen LogP contribution is -2.44. The second-order valence-corrected chi connectivity index (χ2v) is 5.04. The van der Waals surface area contributed by atoms with Crippen LogP contribution in [-0.2, 0) is 6.42 Å². The van der Waals surface area contributed by atoms with E-state index in [1.165, 1.54) is 6.07 Å². The maximum Gasteiger partial charge on any atom is 0.124 e. The van der Waals surface area contributed by atoms with Crippen LogP contribution in [-0.4, -0.2) is 37.6 Å². The van der Waals surface area contributed by atoms with E-state index in [2.05, 4.69) is 26.1 Å². The van der Waals surface area contributed by atoms with Crippen LogP contribution in [0.3, 0.4) is 0 Å². The molecule has 0 spiro atoms. The molecule has 1 fully saturated rings. The highest BCUT2D eigenvalue weighted by molar-refractivity contribution is 9.10. The molecule has 0 amide bonds. The third-order valence-electron chi connectivity index (χ3n) is 2.85. The lowest BCUT2D eigenvalue weighted by atomic mass is 10.1. The molecule has 1 aliphatic heterocycles. The van der Waals surface area contributed by atoms with Crippen LogP contribution in [0.1, 0.15) is 5.56 Å². The van der Waals surface area contributed by atoms with E-state index in [9.17, 15) is 4.39 Å². The maximum absolute atomic E-state index is 13.1. The van der Waals surface area contributed by atoms with E-state index in [1.54, 1.807) is 6.07 Å². The minimum Gasteiger partial charge on any atom is -0.314 e. The summed E-state index contributed by atoms with van der Waals surface area (Å²) >= 11 is 3.32. The van der Waals surface area contributed by atoms with Crippen LogP contribution in [0.4, 0.5) is 4.39 Å². The topological polar surface area (TPSA) is 15.3 Å². The first-order chi connectivity index (χ1) is 7.74. The lowest BCUT2D eigenvalue weighted by Gasteiger charge is -2.27. The van der Waals surface area contributed by atoms with E-state index in [1.807, 2.05) is 6.07 Å². The summed E-state index contributed by atoms with van der Waals surface area (Å²) < 4.78 is 14.0. The smallest absolute Gasteiger partial charge is 0.124 e. The molecule has 0 bridgehead atoms. The van der Waals surface area contributed by atoms with Crippen LogP contribution in [0.5, 0.6) is 0 Å². The highest BCUT2D eigenvalue weighted by atomic mass is 79.9. The van der Waals surface area contributed by atoms with Gasteiger partial charge in [0.25, 0.3) is 0 Å². The monoisotopic (exact) mass is 286 g/mol. The fourth-order valence-corrected chi connectivity index (χ4v) is 2.49. The molecule has 0 aliphatic carbocycles. The van der Waals surface area contributed by atoms with Gasteiger partial charge in [0.15, 0.2) is 0 Å². The van der Waals surface area contributed by atoms with Crippen molar-refractivity contribution in [1.82, 2.24) is 10.2 Å². The van der Waals surface area contributed by atoms with Gasteiger partial charge >= 0.3 is 0 Å². The molecular weight excluding hydrogens is 271 g/mol. The first-order valence-electron chi connectivity index (χ1n) is 5.62. The quantitative estimate of drug-likeness (QED) is 0.915. The average molecular weight is 287 g/mol. The van der Waals surface area contributed by atoms with Crippen molar-refractivity contribution < 1.29 is 4.39 Å². The Kier molecular flexibility index (Phi) is 4.32. The van der Waals surface area contributed by atoms with Gasteiger partial charge in [-0.2, -0.15) is 0 Å². The van der Waals surface area contributed by atoms with Gasteiger partial charge in [-0.25, -0.2) is 4.39 Å². The summed E-state index contributed by atoms with van der Waals surface area (Å²) in [4.78, 5) is 2.41. The normalized spacial score (nSPS) is 17.6. The van der Waals surface area contributed by atoms with Gasteiger partial charge in [-0.1, -0.05) is 15.9 Å². The van der Waals surface area contributed by atoms with E-state index < -0.39 is 0 Å². The zero-order valence-electron chi connectivity index (χ0n) is 9.18. The summed E-state index contributed by atoms with van der Waals surface area (Å²) in [5.74, 6) is -0.162. The third kappa shape index (κ3) is 3.54. The van der Waals surface area contributed by atoms with Crippen LogP contribution in [0, 0.1) is 5.82 Å². The predicted octanol–water partition coefficient (Wildman–Crippen LogP) is 2.04. The highest BCUT2D eigenvalue weighted by Crippen LogP contribution is 2.15. The molecule has 1 aromatic rings. The third-order valence-corrected chi connectivity index (χ3v) is 3.31. The van der Waals surface area contributed by atoms with E-state index in [4.69, 9.17) is 0 Å². The summed E-state index contributed by atoms with van der Waals surface area (Å²) in [6.07, 6.45) is 0.913. The summed E-state index contributed by atoms with van der Waals surface area (Å²) in [7, 11) is 0. The molecular formula is C12H16BrFN2. The van der Waals surface area contributed by atoms with Gasteiger partial charge in [0.1, 0.15) is 5.82 Å². The second-order valence-electron chi connectivity index (χ2n) is 4.12. The van der Waals surface area contributed by atoms with E-state index >= 15 is 0 Å². The molecule has 0 unspecified atom stereocenters. The molecule has 2 nitrogen and oxygen atoms in total. The Bertz CT molecular complexity index is 331. The van der Waals surface area contributed by atoms with Crippen molar-refractivity contribution in [3.05, 3.63) is 34.1 Å². The Morgan fingerprint density at radius 1 is 1.25 bits per heavy atom. The zero-order chi connectivity index (χ0) is 11.4.